The number of halogens is 2. The molecule has 1 aromatic heterocycles. The number of nitrogens with one attached hydrogen (secondary N) is 1. The molecular formula is C24H20BrClN2O4. The van der Waals surface area contributed by atoms with Crippen molar-refractivity contribution in [2.45, 2.75) is 13.8 Å². The Morgan fingerprint density at radius 2 is 1.88 bits per heavy atom. The fraction of sp³-hybridized carbons (Fsp3) is 0.167. The van der Waals surface area contributed by atoms with Crippen molar-refractivity contribution in [2.75, 3.05) is 19.0 Å². The number of aryl methyl sites for hydroxylation is 2. The van der Waals surface area contributed by atoms with Crippen molar-refractivity contribution in [1.82, 2.24) is 4.98 Å². The molecule has 6 nitrogen and oxygen atoms in total. The van der Waals surface area contributed by atoms with Crippen LogP contribution in [-0.2, 0) is 4.79 Å². The lowest BCUT2D eigenvalue weighted by atomic mass is 10.1. The van der Waals surface area contributed by atoms with Crippen molar-refractivity contribution >= 4 is 50.2 Å². The molecule has 0 fully saturated rings. The van der Waals surface area contributed by atoms with Gasteiger partial charge in [-0.05, 0) is 89.4 Å². The van der Waals surface area contributed by atoms with Gasteiger partial charge in [-0.3, -0.25) is 4.79 Å². The minimum Gasteiger partial charge on any atom is -0.496 e. The van der Waals surface area contributed by atoms with Crippen LogP contribution in [0.4, 0.5) is 5.69 Å². The second kappa shape index (κ2) is 9.22. The molecule has 1 heterocycles. The number of hydrogen-bond acceptors (Lipinski definition) is 5. The van der Waals surface area contributed by atoms with Gasteiger partial charge in [0.05, 0.1) is 11.6 Å². The molecule has 3 aromatic carbocycles. The number of carbonyl (C=O) groups is 1. The first-order valence-electron chi connectivity index (χ1n) is 9.78. The molecule has 0 bridgehead atoms. The summed E-state index contributed by atoms with van der Waals surface area (Å²) in [4.78, 5) is 16.9. The summed E-state index contributed by atoms with van der Waals surface area (Å²) >= 11 is 9.64. The lowest BCUT2D eigenvalue weighted by Gasteiger charge is -2.10. The minimum absolute atomic E-state index is 0.123. The molecule has 0 spiro atoms. The minimum atomic E-state index is -0.280. The number of hydrogen-bond donors (Lipinski definition) is 1. The van der Waals surface area contributed by atoms with E-state index in [2.05, 4.69) is 26.2 Å². The summed E-state index contributed by atoms with van der Waals surface area (Å²) in [5.41, 5.74) is 4.46. The number of carbonyl (C=O) groups excluding carboxylic acids is 1. The van der Waals surface area contributed by atoms with Crippen molar-refractivity contribution in [2.24, 2.45) is 0 Å². The van der Waals surface area contributed by atoms with Crippen LogP contribution in [0.2, 0.25) is 5.02 Å². The molecule has 0 aliphatic heterocycles. The van der Waals surface area contributed by atoms with E-state index in [9.17, 15) is 4.79 Å². The average molecular weight is 516 g/mol. The number of amides is 1. The third-order valence-electron chi connectivity index (χ3n) is 4.85. The predicted octanol–water partition coefficient (Wildman–Crippen LogP) is 6.55. The zero-order valence-corrected chi connectivity index (χ0v) is 20.0. The third-order valence-corrected chi connectivity index (χ3v) is 6.07. The number of rotatable bonds is 6. The summed E-state index contributed by atoms with van der Waals surface area (Å²) in [6.07, 6.45) is 0. The van der Waals surface area contributed by atoms with Gasteiger partial charge in [-0.1, -0.05) is 11.6 Å². The molecular weight excluding hydrogens is 496 g/mol. The van der Waals surface area contributed by atoms with E-state index in [1.54, 1.807) is 25.3 Å². The van der Waals surface area contributed by atoms with Crippen LogP contribution in [0.5, 0.6) is 11.5 Å². The Morgan fingerprint density at radius 3 is 2.56 bits per heavy atom. The molecule has 8 heteroatoms. The molecule has 4 rings (SSSR count). The van der Waals surface area contributed by atoms with Gasteiger partial charge in [-0.2, -0.15) is 0 Å². The SMILES string of the molecule is COc1ccc(-c2nc3cc(NC(=O)COc4cc(C)c(Cl)c(C)c4)ccc3o2)cc1Br. The van der Waals surface area contributed by atoms with E-state index in [0.29, 0.717) is 33.4 Å². The second-order valence-corrected chi connectivity index (χ2v) is 8.49. The summed E-state index contributed by atoms with van der Waals surface area (Å²) in [7, 11) is 1.61. The van der Waals surface area contributed by atoms with E-state index in [1.807, 2.05) is 44.2 Å². The largest absolute Gasteiger partial charge is 0.496 e. The number of anilines is 1. The Hall–Kier alpha value is -3.03. The summed E-state index contributed by atoms with van der Waals surface area (Å²) in [6, 6.07) is 14.5. The van der Waals surface area contributed by atoms with Gasteiger partial charge in [0.15, 0.2) is 12.2 Å². The molecule has 0 radical (unpaired) electrons. The van der Waals surface area contributed by atoms with Gasteiger partial charge in [0.25, 0.3) is 5.91 Å². The monoisotopic (exact) mass is 514 g/mol. The van der Waals surface area contributed by atoms with E-state index < -0.39 is 0 Å². The van der Waals surface area contributed by atoms with E-state index in [0.717, 1.165) is 26.9 Å². The quantitative estimate of drug-likeness (QED) is 0.315. The van der Waals surface area contributed by atoms with Gasteiger partial charge < -0.3 is 19.2 Å². The number of fused-ring (bicyclic) bond motifs is 1. The fourth-order valence-electron chi connectivity index (χ4n) is 3.26. The number of aromatic nitrogens is 1. The maximum Gasteiger partial charge on any atom is 0.262 e. The van der Waals surface area contributed by atoms with Crippen LogP contribution in [0, 0.1) is 13.8 Å². The zero-order valence-electron chi connectivity index (χ0n) is 17.7. The molecule has 0 saturated carbocycles. The van der Waals surface area contributed by atoms with Gasteiger partial charge in [-0.25, -0.2) is 4.98 Å². The third kappa shape index (κ3) is 4.74. The van der Waals surface area contributed by atoms with Crippen LogP contribution in [0.15, 0.2) is 57.4 Å². The Balaban J connectivity index is 1.46. The van der Waals surface area contributed by atoms with Gasteiger partial charge >= 0.3 is 0 Å². The van der Waals surface area contributed by atoms with Gasteiger partial charge in [-0.15, -0.1) is 0 Å². The number of nitrogens with zero attached hydrogens (tertiary/aromatic N) is 1. The fourth-order valence-corrected chi connectivity index (χ4v) is 3.91. The van der Waals surface area contributed by atoms with Crippen LogP contribution in [0.3, 0.4) is 0 Å². The summed E-state index contributed by atoms with van der Waals surface area (Å²) in [5.74, 6) is 1.52. The van der Waals surface area contributed by atoms with Gasteiger partial charge in [0, 0.05) is 16.3 Å². The maximum atomic E-state index is 12.4. The summed E-state index contributed by atoms with van der Waals surface area (Å²) < 4.78 is 17.5. The van der Waals surface area contributed by atoms with Crippen LogP contribution in [0.1, 0.15) is 11.1 Å². The van der Waals surface area contributed by atoms with Crippen LogP contribution >= 0.6 is 27.5 Å². The van der Waals surface area contributed by atoms with Crippen molar-refractivity contribution in [3.05, 3.63) is 69.2 Å². The smallest absolute Gasteiger partial charge is 0.262 e. The Morgan fingerprint density at radius 1 is 1.12 bits per heavy atom. The Labute approximate surface area is 198 Å². The van der Waals surface area contributed by atoms with Crippen molar-refractivity contribution < 1.29 is 18.7 Å². The predicted molar refractivity (Wildman–Crippen MR) is 129 cm³/mol. The molecule has 164 valence electrons. The molecule has 1 amide bonds. The normalized spacial score (nSPS) is 10.9. The highest BCUT2D eigenvalue weighted by molar-refractivity contribution is 9.10. The highest BCUT2D eigenvalue weighted by Crippen LogP contribution is 2.32. The topological polar surface area (TPSA) is 73.6 Å². The van der Waals surface area contributed by atoms with E-state index in [1.165, 1.54) is 0 Å². The molecule has 0 unspecified atom stereocenters. The number of benzene rings is 3. The molecule has 0 saturated heterocycles. The Bertz CT molecular complexity index is 1300. The molecule has 0 aliphatic rings. The number of ether oxygens (including phenoxy) is 2. The van der Waals surface area contributed by atoms with E-state index >= 15 is 0 Å². The second-order valence-electron chi connectivity index (χ2n) is 7.26. The average Bonchev–Trinajstić information content (AvgIpc) is 3.19. The zero-order chi connectivity index (χ0) is 22.8. The Kier molecular flexibility index (Phi) is 6.39. The van der Waals surface area contributed by atoms with E-state index in [-0.39, 0.29) is 12.5 Å². The van der Waals surface area contributed by atoms with Gasteiger partial charge in [0.1, 0.15) is 17.0 Å². The van der Waals surface area contributed by atoms with Crippen molar-refractivity contribution in [3.8, 4) is 23.0 Å². The molecule has 32 heavy (non-hydrogen) atoms. The number of methoxy groups -OCH3 is 1. The summed E-state index contributed by atoms with van der Waals surface area (Å²) in [5, 5.41) is 3.52. The first-order chi connectivity index (χ1) is 15.3. The molecule has 0 aliphatic carbocycles. The first-order valence-corrected chi connectivity index (χ1v) is 10.9. The first kappa shape index (κ1) is 22.2. The number of oxazole rings is 1. The highest BCUT2D eigenvalue weighted by atomic mass is 79.9. The van der Waals surface area contributed by atoms with E-state index in [4.69, 9.17) is 25.5 Å². The molecule has 0 atom stereocenters. The lowest BCUT2D eigenvalue weighted by molar-refractivity contribution is -0.118. The molecule has 1 N–H and O–H groups in total. The summed E-state index contributed by atoms with van der Waals surface area (Å²) in [6.45, 7) is 3.67. The highest BCUT2D eigenvalue weighted by Gasteiger charge is 2.12. The van der Waals surface area contributed by atoms with Crippen LogP contribution < -0.4 is 14.8 Å². The molecule has 4 aromatic rings. The lowest BCUT2D eigenvalue weighted by Crippen LogP contribution is -2.20. The van der Waals surface area contributed by atoms with Crippen LogP contribution in [-0.4, -0.2) is 24.6 Å². The van der Waals surface area contributed by atoms with Crippen LogP contribution in [0.25, 0.3) is 22.6 Å². The van der Waals surface area contributed by atoms with Crippen molar-refractivity contribution in [3.63, 3.8) is 0 Å². The standard InChI is InChI=1S/C24H20BrClN2O4/c1-13-8-17(9-14(2)23(13)26)31-12-22(29)27-16-5-7-21-19(11-16)28-24(32-21)15-4-6-20(30-3)18(25)10-15/h4-11H,12H2,1-3H3,(H,27,29). The van der Waals surface area contributed by atoms with Gasteiger partial charge in [0.2, 0.25) is 5.89 Å². The maximum absolute atomic E-state index is 12.4. The van der Waals surface area contributed by atoms with Crippen molar-refractivity contribution in [1.29, 1.82) is 0 Å².